The highest BCUT2D eigenvalue weighted by Gasteiger charge is 2.33. The standard InChI is InChI=1S/C23H27N3O4S2/c1-15(2)19-7-4-8-20-21(19)24-23(31-20)25-22(27)16-6-5-13-26(14-16)32(28,29)18-11-9-17(30-3)10-12-18/h4,7-12,15-16H,5-6,13-14H2,1-3H3,(H,24,25,27). The number of methoxy groups -OCH3 is 1. The predicted octanol–water partition coefficient (Wildman–Crippen LogP) is 4.47. The van der Waals surface area contributed by atoms with Crippen LogP contribution in [0.1, 0.15) is 38.2 Å². The van der Waals surface area contributed by atoms with Crippen molar-refractivity contribution in [3.05, 3.63) is 48.0 Å². The van der Waals surface area contributed by atoms with Crippen LogP contribution in [0.15, 0.2) is 47.4 Å². The fourth-order valence-electron chi connectivity index (χ4n) is 3.97. The van der Waals surface area contributed by atoms with E-state index in [2.05, 4.69) is 30.2 Å². The highest BCUT2D eigenvalue weighted by atomic mass is 32.2. The van der Waals surface area contributed by atoms with Crippen molar-refractivity contribution in [3.63, 3.8) is 0 Å². The van der Waals surface area contributed by atoms with Crippen LogP contribution in [0.25, 0.3) is 10.2 Å². The second-order valence-corrected chi connectivity index (χ2v) is 11.2. The van der Waals surface area contributed by atoms with E-state index in [4.69, 9.17) is 4.74 Å². The zero-order valence-electron chi connectivity index (χ0n) is 18.4. The van der Waals surface area contributed by atoms with E-state index < -0.39 is 15.9 Å². The van der Waals surface area contributed by atoms with Crippen molar-refractivity contribution in [1.82, 2.24) is 9.29 Å². The number of fused-ring (bicyclic) bond motifs is 1. The van der Waals surface area contributed by atoms with Crippen molar-refractivity contribution in [2.24, 2.45) is 5.92 Å². The van der Waals surface area contributed by atoms with Crippen LogP contribution in [-0.4, -0.2) is 43.8 Å². The summed E-state index contributed by atoms with van der Waals surface area (Å²) >= 11 is 1.44. The maximum Gasteiger partial charge on any atom is 0.243 e. The molecule has 1 saturated heterocycles. The number of piperidine rings is 1. The monoisotopic (exact) mass is 473 g/mol. The van der Waals surface area contributed by atoms with Gasteiger partial charge in [0.05, 0.1) is 28.1 Å². The van der Waals surface area contributed by atoms with Gasteiger partial charge in [0.1, 0.15) is 5.75 Å². The van der Waals surface area contributed by atoms with Crippen LogP contribution >= 0.6 is 11.3 Å². The third kappa shape index (κ3) is 4.51. The fourth-order valence-corrected chi connectivity index (χ4v) is 6.40. The Hall–Kier alpha value is -2.49. The zero-order chi connectivity index (χ0) is 22.9. The Morgan fingerprint density at radius 2 is 1.97 bits per heavy atom. The summed E-state index contributed by atoms with van der Waals surface area (Å²) in [6.07, 6.45) is 1.27. The van der Waals surface area contributed by atoms with Gasteiger partial charge in [-0.1, -0.05) is 37.3 Å². The first-order valence-corrected chi connectivity index (χ1v) is 12.9. The van der Waals surface area contributed by atoms with E-state index in [0.717, 1.165) is 15.8 Å². The third-order valence-electron chi connectivity index (χ3n) is 5.75. The summed E-state index contributed by atoms with van der Waals surface area (Å²) < 4.78 is 33.7. The van der Waals surface area contributed by atoms with Crippen LogP contribution < -0.4 is 10.1 Å². The number of thiazole rings is 1. The SMILES string of the molecule is COc1ccc(S(=O)(=O)N2CCCC(C(=O)Nc3nc4c(C(C)C)cccc4s3)C2)cc1. The maximum absolute atomic E-state index is 13.1. The van der Waals surface area contributed by atoms with Crippen molar-refractivity contribution >= 4 is 42.6 Å². The molecule has 1 aliphatic heterocycles. The molecule has 0 aliphatic carbocycles. The van der Waals surface area contributed by atoms with Gasteiger partial charge in [-0.25, -0.2) is 13.4 Å². The quantitative estimate of drug-likeness (QED) is 0.571. The van der Waals surface area contributed by atoms with Crippen molar-refractivity contribution in [1.29, 1.82) is 0 Å². The molecule has 9 heteroatoms. The summed E-state index contributed by atoms with van der Waals surface area (Å²) in [5.41, 5.74) is 2.06. The van der Waals surface area contributed by atoms with E-state index in [1.807, 2.05) is 12.1 Å². The second-order valence-electron chi connectivity index (χ2n) is 8.23. The molecule has 1 aromatic heterocycles. The number of nitrogens with one attached hydrogen (secondary N) is 1. The third-order valence-corrected chi connectivity index (χ3v) is 8.57. The van der Waals surface area contributed by atoms with Crippen LogP contribution in [0.3, 0.4) is 0 Å². The molecule has 0 radical (unpaired) electrons. The molecule has 1 amide bonds. The minimum Gasteiger partial charge on any atom is -0.497 e. The van der Waals surface area contributed by atoms with E-state index in [9.17, 15) is 13.2 Å². The number of anilines is 1. The van der Waals surface area contributed by atoms with Gasteiger partial charge in [-0.2, -0.15) is 4.31 Å². The lowest BCUT2D eigenvalue weighted by Crippen LogP contribution is -2.43. The first-order chi connectivity index (χ1) is 15.3. The average Bonchev–Trinajstić information content (AvgIpc) is 3.21. The van der Waals surface area contributed by atoms with Crippen LogP contribution in [0.2, 0.25) is 0 Å². The van der Waals surface area contributed by atoms with E-state index in [-0.39, 0.29) is 17.3 Å². The lowest BCUT2D eigenvalue weighted by Gasteiger charge is -2.31. The molecule has 1 N–H and O–H groups in total. The Kier molecular flexibility index (Phi) is 6.50. The molecule has 0 spiro atoms. The van der Waals surface area contributed by atoms with Gasteiger partial charge in [-0.3, -0.25) is 4.79 Å². The minimum atomic E-state index is -3.68. The number of carbonyl (C=O) groups excluding carboxylic acids is 1. The Morgan fingerprint density at radius 1 is 1.22 bits per heavy atom. The first-order valence-electron chi connectivity index (χ1n) is 10.6. The summed E-state index contributed by atoms with van der Waals surface area (Å²) in [5.74, 6) is 0.314. The lowest BCUT2D eigenvalue weighted by molar-refractivity contribution is -0.120. The van der Waals surface area contributed by atoms with E-state index >= 15 is 0 Å². The predicted molar refractivity (Wildman–Crippen MR) is 127 cm³/mol. The fraction of sp³-hybridized carbons (Fsp3) is 0.391. The molecular weight excluding hydrogens is 446 g/mol. The number of benzene rings is 2. The van der Waals surface area contributed by atoms with E-state index in [1.165, 1.54) is 34.9 Å². The number of carbonyl (C=O) groups is 1. The maximum atomic E-state index is 13.1. The zero-order valence-corrected chi connectivity index (χ0v) is 20.0. The summed E-state index contributed by atoms with van der Waals surface area (Å²) in [7, 11) is -2.14. The van der Waals surface area contributed by atoms with Gasteiger partial charge in [-0.05, 0) is 54.7 Å². The summed E-state index contributed by atoms with van der Waals surface area (Å²) in [6, 6.07) is 12.4. The molecule has 1 fully saturated rings. The molecule has 1 atom stereocenters. The molecule has 2 aromatic carbocycles. The minimum absolute atomic E-state index is 0.155. The molecule has 0 saturated carbocycles. The Balaban J connectivity index is 1.49. The Labute approximate surface area is 192 Å². The highest BCUT2D eigenvalue weighted by Crippen LogP contribution is 2.32. The van der Waals surface area contributed by atoms with Crippen molar-refractivity contribution in [3.8, 4) is 5.75 Å². The van der Waals surface area contributed by atoms with Gasteiger partial charge in [0.25, 0.3) is 0 Å². The number of nitrogens with zero attached hydrogens (tertiary/aromatic N) is 2. The highest BCUT2D eigenvalue weighted by molar-refractivity contribution is 7.89. The smallest absolute Gasteiger partial charge is 0.243 e. The number of amides is 1. The van der Waals surface area contributed by atoms with Gasteiger partial charge in [0.2, 0.25) is 15.9 Å². The van der Waals surface area contributed by atoms with Gasteiger partial charge in [0.15, 0.2) is 5.13 Å². The van der Waals surface area contributed by atoms with Crippen LogP contribution in [0, 0.1) is 5.92 Å². The number of hydrogen-bond acceptors (Lipinski definition) is 6. The summed E-state index contributed by atoms with van der Waals surface area (Å²) in [4.78, 5) is 17.8. The van der Waals surface area contributed by atoms with Crippen molar-refractivity contribution in [2.75, 3.05) is 25.5 Å². The van der Waals surface area contributed by atoms with Crippen molar-refractivity contribution < 1.29 is 17.9 Å². The summed E-state index contributed by atoms with van der Waals surface area (Å²) in [6.45, 7) is 4.79. The van der Waals surface area contributed by atoms with Gasteiger partial charge >= 0.3 is 0 Å². The molecule has 4 rings (SSSR count). The van der Waals surface area contributed by atoms with Gasteiger partial charge in [-0.15, -0.1) is 0 Å². The van der Waals surface area contributed by atoms with Crippen LogP contribution in [0.5, 0.6) is 5.75 Å². The van der Waals surface area contributed by atoms with Crippen LogP contribution in [-0.2, 0) is 14.8 Å². The van der Waals surface area contributed by atoms with Crippen LogP contribution in [0.4, 0.5) is 5.13 Å². The van der Waals surface area contributed by atoms with E-state index in [1.54, 1.807) is 12.1 Å². The Morgan fingerprint density at radius 3 is 2.66 bits per heavy atom. The Bertz CT molecular complexity index is 1220. The first kappa shape index (κ1) is 22.7. The lowest BCUT2D eigenvalue weighted by atomic mass is 9.99. The molecule has 0 bridgehead atoms. The molecule has 3 aromatic rings. The molecule has 170 valence electrons. The number of ether oxygens (including phenoxy) is 1. The number of para-hydroxylation sites is 1. The molecule has 7 nitrogen and oxygen atoms in total. The molecule has 32 heavy (non-hydrogen) atoms. The second kappa shape index (κ2) is 9.17. The van der Waals surface area contributed by atoms with Crippen molar-refractivity contribution in [2.45, 2.75) is 37.5 Å². The normalized spacial score (nSPS) is 17.6. The number of sulfonamides is 1. The van der Waals surface area contributed by atoms with E-state index in [0.29, 0.717) is 36.2 Å². The largest absolute Gasteiger partial charge is 0.497 e. The molecule has 1 unspecified atom stereocenters. The van der Waals surface area contributed by atoms with Gasteiger partial charge in [0, 0.05) is 13.1 Å². The average molecular weight is 474 g/mol. The molecule has 2 heterocycles. The molecular formula is C23H27N3O4S2. The van der Waals surface area contributed by atoms with Gasteiger partial charge < -0.3 is 10.1 Å². The number of hydrogen-bond donors (Lipinski definition) is 1. The number of rotatable bonds is 6. The summed E-state index contributed by atoms with van der Waals surface area (Å²) in [5, 5.41) is 3.47. The number of aromatic nitrogens is 1. The molecule has 1 aliphatic rings. The topological polar surface area (TPSA) is 88.6 Å².